The molecule has 68 valence electrons. The van der Waals surface area contributed by atoms with Crippen molar-refractivity contribution in [3.8, 4) is 5.75 Å². The Labute approximate surface area is 76.5 Å². The predicted molar refractivity (Wildman–Crippen MR) is 51.6 cm³/mol. The smallest absolute Gasteiger partial charge is 0.129 e. The van der Waals surface area contributed by atoms with Crippen molar-refractivity contribution >= 4 is 11.3 Å². The summed E-state index contributed by atoms with van der Waals surface area (Å²) in [4.78, 5) is 1.28. The molecule has 0 spiro atoms. The first-order chi connectivity index (χ1) is 5.86. The fraction of sp³-hybridized carbons (Fsp3) is 0.500. The molecule has 0 saturated carbocycles. The van der Waals surface area contributed by atoms with E-state index in [2.05, 4.69) is 5.32 Å². The second-order valence-electron chi connectivity index (χ2n) is 2.42. The summed E-state index contributed by atoms with van der Waals surface area (Å²) in [6.07, 6.45) is 0. The van der Waals surface area contributed by atoms with Gasteiger partial charge in [-0.15, -0.1) is 11.3 Å². The average Bonchev–Trinajstić information content (AvgIpc) is 2.53. The maximum absolute atomic E-state index is 5.34. The molecule has 0 aliphatic heterocycles. The summed E-state index contributed by atoms with van der Waals surface area (Å²) in [5.74, 6) is 0.935. The molecule has 0 amide bonds. The third-order valence-electron chi connectivity index (χ3n) is 1.49. The van der Waals surface area contributed by atoms with Crippen molar-refractivity contribution in [3.63, 3.8) is 0 Å². The van der Waals surface area contributed by atoms with Crippen LogP contribution in [0.15, 0.2) is 11.4 Å². The summed E-state index contributed by atoms with van der Waals surface area (Å²) in [5, 5.41) is 5.22. The Morgan fingerprint density at radius 2 is 2.50 bits per heavy atom. The van der Waals surface area contributed by atoms with Crippen molar-refractivity contribution in [2.45, 2.75) is 6.54 Å². The van der Waals surface area contributed by atoms with Crippen LogP contribution in [0.1, 0.15) is 4.88 Å². The molecule has 1 rings (SSSR count). The van der Waals surface area contributed by atoms with E-state index in [1.807, 2.05) is 11.4 Å². The van der Waals surface area contributed by atoms with E-state index in [0.717, 1.165) is 18.8 Å². The summed E-state index contributed by atoms with van der Waals surface area (Å²) in [6, 6.07) is 2.04. The molecule has 1 aromatic rings. The largest absolute Gasteiger partial charge is 0.496 e. The molecule has 0 aliphatic carbocycles. The molecule has 4 heteroatoms. The van der Waals surface area contributed by atoms with Gasteiger partial charge in [-0.1, -0.05) is 0 Å². The van der Waals surface area contributed by atoms with E-state index in [1.165, 1.54) is 4.88 Å². The standard InChI is InChI=1S/C8H14N2OS/c1-11-7-4-8(12-6-7)5-10-3-2-9/h4,6,10H,2-3,5,9H2,1H3. The zero-order valence-electron chi connectivity index (χ0n) is 7.17. The minimum Gasteiger partial charge on any atom is -0.496 e. The highest BCUT2D eigenvalue weighted by Crippen LogP contribution is 2.20. The Balaban J connectivity index is 2.31. The van der Waals surface area contributed by atoms with E-state index in [-0.39, 0.29) is 0 Å². The van der Waals surface area contributed by atoms with Gasteiger partial charge in [-0.25, -0.2) is 0 Å². The lowest BCUT2D eigenvalue weighted by Gasteiger charge is -1.98. The maximum atomic E-state index is 5.34. The molecule has 0 bridgehead atoms. The molecule has 0 radical (unpaired) electrons. The number of thiophene rings is 1. The van der Waals surface area contributed by atoms with Gasteiger partial charge in [0.25, 0.3) is 0 Å². The van der Waals surface area contributed by atoms with Crippen LogP contribution in [-0.4, -0.2) is 20.2 Å². The van der Waals surface area contributed by atoms with Crippen molar-refractivity contribution < 1.29 is 4.74 Å². The van der Waals surface area contributed by atoms with Gasteiger partial charge in [-0.2, -0.15) is 0 Å². The third-order valence-corrected chi connectivity index (χ3v) is 2.40. The molecule has 1 aromatic heterocycles. The van der Waals surface area contributed by atoms with E-state index < -0.39 is 0 Å². The zero-order chi connectivity index (χ0) is 8.81. The van der Waals surface area contributed by atoms with Gasteiger partial charge >= 0.3 is 0 Å². The molecule has 0 atom stereocenters. The Morgan fingerprint density at radius 3 is 3.08 bits per heavy atom. The fourth-order valence-corrected chi connectivity index (χ4v) is 1.68. The van der Waals surface area contributed by atoms with Crippen molar-refractivity contribution in [2.24, 2.45) is 5.73 Å². The van der Waals surface area contributed by atoms with Crippen LogP contribution in [0, 0.1) is 0 Å². The lowest BCUT2D eigenvalue weighted by Crippen LogP contribution is -2.21. The van der Waals surface area contributed by atoms with Crippen LogP contribution in [-0.2, 0) is 6.54 Å². The van der Waals surface area contributed by atoms with Gasteiger partial charge in [0.1, 0.15) is 5.75 Å². The van der Waals surface area contributed by atoms with Crippen LogP contribution in [0.2, 0.25) is 0 Å². The number of methoxy groups -OCH3 is 1. The number of nitrogens with two attached hydrogens (primary N) is 1. The first kappa shape index (κ1) is 9.51. The van der Waals surface area contributed by atoms with Crippen LogP contribution >= 0.6 is 11.3 Å². The highest BCUT2D eigenvalue weighted by molar-refractivity contribution is 7.10. The number of hydrogen-bond acceptors (Lipinski definition) is 4. The van der Waals surface area contributed by atoms with Gasteiger partial charge in [-0.05, 0) is 6.07 Å². The van der Waals surface area contributed by atoms with Crippen molar-refractivity contribution in [1.82, 2.24) is 5.32 Å². The Morgan fingerprint density at radius 1 is 1.67 bits per heavy atom. The normalized spacial score (nSPS) is 10.2. The summed E-state index contributed by atoms with van der Waals surface area (Å²) < 4.78 is 5.06. The predicted octanol–water partition coefficient (Wildman–Crippen LogP) is 0.805. The quantitative estimate of drug-likeness (QED) is 0.669. The van der Waals surface area contributed by atoms with Gasteiger partial charge in [0.2, 0.25) is 0 Å². The van der Waals surface area contributed by atoms with Gasteiger partial charge in [0, 0.05) is 29.9 Å². The number of hydrogen-bond donors (Lipinski definition) is 2. The van der Waals surface area contributed by atoms with E-state index in [1.54, 1.807) is 18.4 Å². The van der Waals surface area contributed by atoms with Crippen LogP contribution in [0.5, 0.6) is 5.75 Å². The minimum atomic E-state index is 0.683. The average molecular weight is 186 g/mol. The van der Waals surface area contributed by atoms with Crippen LogP contribution in [0.4, 0.5) is 0 Å². The molecule has 1 heterocycles. The highest BCUT2D eigenvalue weighted by Gasteiger charge is 1.97. The SMILES string of the molecule is COc1csc(CNCCN)c1. The zero-order valence-corrected chi connectivity index (χ0v) is 7.99. The highest BCUT2D eigenvalue weighted by atomic mass is 32.1. The van der Waals surface area contributed by atoms with Crippen molar-refractivity contribution in [2.75, 3.05) is 20.2 Å². The van der Waals surface area contributed by atoms with E-state index in [9.17, 15) is 0 Å². The Hall–Kier alpha value is -0.580. The van der Waals surface area contributed by atoms with Gasteiger partial charge in [-0.3, -0.25) is 0 Å². The van der Waals surface area contributed by atoms with E-state index in [0.29, 0.717) is 6.54 Å². The lowest BCUT2D eigenvalue weighted by molar-refractivity contribution is 0.416. The monoisotopic (exact) mass is 186 g/mol. The van der Waals surface area contributed by atoms with Gasteiger partial charge < -0.3 is 15.8 Å². The molecule has 3 N–H and O–H groups in total. The lowest BCUT2D eigenvalue weighted by atomic mass is 10.4. The third kappa shape index (κ3) is 2.81. The van der Waals surface area contributed by atoms with Crippen LogP contribution < -0.4 is 15.8 Å². The summed E-state index contributed by atoms with van der Waals surface area (Å²) in [6.45, 7) is 2.42. The molecular formula is C8H14N2OS. The van der Waals surface area contributed by atoms with Crippen LogP contribution in [0.3, 0.4) is 0 Å². The first-order valence-electron chi connectivity index (χ1n) is 3.89. The molecule has 0 fully saturated rings. The topological polar surface area (TPSA) is 47.3 Å². The van der Waals surface area contributed by atoms with Crippen LogP contribution in [0.25, 0.3) is 0 Å². The van der Waals surface area contributed by atoms with Crippen molar-refractivity contribution in [1.29, 1.82) is 0 Å². The maximum Gasteiger partial charge on any atom is 0.129 e. The molecule has 0 unspecified atom stereocenters. The minimum absolute atomic E-state index is 0.683. The first-order valence-corrected chi connectivity index (χ1v) is 4.77. The van der Waals surface area contributed by atoms with Gasteiger partial charge in [0.15, 0.2) is 0 Å². The second kappa shape index (κ2) is 5.13. The summed E-state index contributed by atoms with van der Waals surface area (Å²) >= 11 is 1.70. The molecule has 0 aliphatic rings. The number of ether oxygens (including phenoxy) is 1. The Kier molecular flexibility index (Phi) is 4.07. The fourth-order valence-electron chi connectivity index (χ4n) is 0.874. The molecule has 0 saturated heterocycles. The van der Waals surface area contributed by atoms with E-state index in [4.69, 9.17) is 10.5 Å². The van der Waals surface area contributed by atoms with Crippen molar-refractivity contribution in [3.05, 3.63) is 16.3 Å². The molecule has 12 heavy (non-hydrogen) atoms. The number of rotatable bonds is 5. The van der Waals surface area contributed by atoms with Gasteiger partial charge in [0.05, 0.1) is 7.11 Å². The summed E-state index contributed by atoms with van der Waals surface area (Å²) in [7, 11) is 1.68. The van der Waals surface area contributed by atoms with E-state index >= 15 is 0 Å². The number of nitrogens with one attached hydrogen (secondary N) is 1. The molecule has 3 nitrogen and oxygen atoms in total. The Bertz CT molecular complexity index is 225. The molecule has 0 aromatic carbocycles. The summed E-state index contributed by atoms with van der Waals surface area (Å²) in [5.41, 5.74) is 5.34. The molecular weight excluding hydrogens is 172 g/mol. The second-order valence-corrected chi connectivity index (χ2v) is 3.41.